The summed E-state index contributed by atoms with van der Waals surface area (Å²) in [7, 11) is 3.45. The Kier molecular flexibility index (Phi) is 5.30. The largest absolute Gasteiger partial charge is 0.467 e. The Labute approximate surface area is 169 Å². The molecule has 1 aromatic carbocycles. The molecule has 0 unspecified atom stereocenters. The van der Waals surface area contributed by atoms with Crippen LogP contribution in [0.4, 0.5) is 17.3 Å². The highest BCUT2D eigenvalue weighted by Gasteiger charge is 2.17. The maximum absolute atomic E-state index is 5.42. The van der Waals surface area contributed by atoms with Gasteiger partial charge in [0.1, 0.15) is 0 Å². The Morgan fingerprint density at radius 1 is 1.03 bits per heavy atom. The van der Waals surface area contributed by atoms with Crippen molar-refractivity contribution in [2.24, 2.45) is 7.05 Å². The number of morpholine rings is 1. The fourth-order valence-electron chi connectivity index (χ4n) is 3.42. The van der Waals surface area contributed by atoms with Crippen molar-refractivity contribution < 1.29 is 9.47 Å². The summed E-state index contributed by atoms with van der Waals surface area (Å²) in [6.07, 6.45) is 0. The smallest absolute Gasteiger partial charge is 0.321 e. The summed E-state index contributed by atoms with van der Waals surface area (Å²) >= 11 is 0. The van der Waals surface area contributed by atoms with Crippen molar-refractivity contribution in [3.05, 3.63) is 35.7 Å². The van der Waals surface area contributed by atoms with Crippen LogP contribution in [0.15, 0.2) is 24.3 Å². The van der Waals surface area contributed by atoms with Crippen molar-refractivity contribution in [2.75, 3.05) is 43.6 Å². The molecule has 0 radical (unpaired) electrons. The van der Waals surface area contributed by atoms with Gasteiger partial charge in [-0.25, -0.2) is 0 Å². The molecule has 29 heavy (non-hydrogen) atoms. The number of rotatable bonds is 5. The highest BCUT2D eigenvalue weighted by Crippen LogP contribution is 2.27. The molecule has 0 spiro atoms. The van der Waals surface area contributed by atoms with Crippen LogP contribution in [-0.4, -0.2) is 58.1 Å². The molecule has 0 saturated carbocycles. The summed E-state index contributed by atoms with van der Waals surface area (Å²) in [5.41, 5.74) is 4.80. The predicted octanol–water partition coefficient (Wildman–Crippen LogP) is 2.48. The number of hydrogen-bond acceptors (Lipinski definition) is 8. The van der Waals surface area contributed by atoms with Gasteiger partial charge in [0, 0.05) is 37.2 Å². The van der Waals surface area contributed by atoms with Gasteiger partial charge in [0.05, 0.1) is 31.6 Å². The van der Waals surface area contributed by atoms with Crippen molar-refractivity contribution in [1.29, 1.82) is 0 Å². The molecular weight excluding hydrogens is 370 g/mol. The topological polar surface area (TPSA) is 90.2 Å². The summed E-state index contributed by atoms with van der Waals surface area (Å²) in [6.45, 7) is 7.27. The summed E-state index contributed by atoms with van der Waals surface area (Å²) < 4.78 is 12.5. The normalized spacial score (nSPS) is 14.1. The van der Waals surface area contributed by atoms with E-state index < -0.39 is 0 Å². The number of ether oxygens (including phenoxy) is 2. The number of methoxy groups -OCH3 is 1. The monoisotopic (exact) mass is 395 g/mol. The van der Waals surface area contributed by atoms with Gasteiger partial charge >= 0.3 is 6.01 Å². The van der Waals surface area contributed by atoms with E-state index in [2.05, 4.69) is 42.4 Å². The average molecular weight is 395 g/mol. The van der Waals surface area contributed by atoms with Crippen LogP contribution in [0, 0.1) is 13.8 Å². The van der Waals surface area contributed by atoms with Crippen LogP contribution in [-0.2, 0) is 11.8 Å². The van der Waals surface area contributed by atoms with E-state index in [1.807, 2.05) is 37.7 Å². The molecule has 1 aliphatic heterocycles. The van der Waals surface area contributed by atoms with Gasteiger partial charge in [0.25, 0.3) is 0 Å². The lowest BCUT2D eigenvalue weighted by Crippen LogP contribution is -2.36. The summed E-state index contributed by atoms with van der Waals surface area (Å²) in [5, 5.41) is 7.70. The Hall–Kier alpha value is -3.20. The zero-order valence-electron chi connectivity index (χ0n) is 17.1. The fraction of sp³-hybridized carbons (Fsp3) is 0.400. The maximum atomic E-state index is 5.42. The van der Waals surface area contributed by atoms with E-state index in [0.717, 1.165) is 48.9 Å². The van der Waals surface area contributed by atoms with Crippen LogP contribution in [0.3, 0.4) is 0 Å². The van der Waals surface area contributed by atoms with Gasteiger partial charge in [0.2, 0.25) is 5.95 Å². The first-order chi connectivity index (χ1) is 14.0. The Morgan fingerprint density at radius 2 is 1.76 bits per heavy atom. The molecule has 0 bridgehead atoms. The lowest BCUT2D eigenvalue weighted by molar-refractivity contribution is 0.122. The minimum absolute atomic E-state index is 0.255. The van der Waals surface area contributed by atoms with Crippen molar-refractivity contribution in [2.45, 2.75) is 13.8 Å². The summed E-state index contributed by atoms with van der Waals surface area (Å²) in [5.74, 6) is 0.959. The quantitative estimate of drug-likeness (QED) is 0.705. The molecule has 1 saturated heterocycles. The first-order valence-electron chi connectivity index (χ1n) is 9.55. The first kappa shape index (κ1) is 19.1. The molecular formula is C20H25N7O2. The third-order valence-electron chi connectivity index (χ3n) is 5.03. The van der Waals surface area contributed by atoms with Crippen LogP contribution in [0.25, 0.3) is 11.4 Å². The van der Waals surface area contributed by atoms with E-state index in [-0.39, 0.29) is 6.01 Å². The highest BCUT2D eigenvalue weighted by atomic mass is 16.5. The van der Waals surface area contributed by atoms with Gasteiger partial charge in [-0.2, -0.15) is 20.1 Å². The summed E-state index contributed by atoms with van der Waals surface area (Å²) in [4.78, 5) is 15.7. The number of hydrogen-bond donors (Lipinski definition) is 1. The molecule has 0 amide bonds. The number of nitrogens with one attached hydrogen (secondary N) is 1. The van der Waals surface area contributed by atoms with Crippen LogP contribution < -0.4 is 15.0 Å². The third-order valence-corrected chi connectivity index (χ3v) is 5.03. The summed E-state index contributed by atoms with van der Waals surface area (Å²) in [6, 6.07) is 8.46. The molecule has 0 aliphatic carbocycles. The van der Waals surface area contributed by atoms with E-state index in [1.54, 1.807) is 7.11 Å². The van der Waals surface area contributed by atoms with Gasteiger partial charge in [0.15, 0.2) is 5.82 Å². The fourth-order valence-corrected chi connectivity index (χ4v) is 3.42. The van der Waals surface area contributed by atoms with E-state index >= 15 is 0 Å². The van der Waals surface area contributed by atoms with Gasteiger partial charge < -0.3 is 19.7 Å². The number of nitrogens with zero attached hydrogens (tertiary/aromatic N) is 6. The highest BCUT2D eigenvalue weighted by molar-refractivity contribution is 5.64. The predicted molar refractivity (Wildman–Crippen MR) is 111 cm³/mol. The molecule has 2 aromatic heterocycles. The molecule has 1 aliphatic rings. The third kappa shape index (κ3) is 4.00. The van der Waals surface area contributed by atoms with E-state index in [0.29, 0.717) is 11.8 Å². The van der Waals surface area contributed by atoms with Crippen molar-refractivity contribution in [3.8, 4) is 17.4 Å². The van der Waals surface area contributed by atoms with Gasteiger partial charge in [-0.3, -0.25) is 4.68 Å². The lowest BCUT2D eigenvalue weighted by Gasteiger charge is -2.28. The zero-order chi connectivity index (χ0) is 20.4. The number of anilines is 3. The van der Waals surface area contributed by atoms with Crippen LogP contribution in [0.2, 0.25) is 0 Å². The number of benzene rings is 1. The first-order valence-corrected chi connectivity index (χ1v) is 9.55. The second kappa shape index (κ2) is 8.04. The Morgan fingerprint density at radius 3 is 2.38 bits per heavy atom. The number of aryl methyl sites for hydroxylation is 2. The van der Waals surface area contributed by atoms with Crippen molar-refractivity contribution in [1.82, 2.24) is 24.7 Å². The van der Waals surface area contributed by atoms with Gasteiger partial charge in [-0.05, 0) is 38.1 Å². The van der Waals surface area contributed by atoms with Gasteiger partial charge in [-0.15, -0.1) is 0 Å². The van der Waals surface area contributed by atoms with Crippen LogP contribution in [0.5, 0.6) is 6.01 Å². The second-order valence-electron chi connectivity index (χ2n) is 6.91. The molecule has 1 N–H and O–H groups in total. The maximum Gasteiger partial charge on any atom is 0.321 e. The standard InChI is InChI=1S/C20H25N7O2/c1-13-17(14(2)26(3)25-13)18-22-19(24-20(23-18)28-4)21-15-5-7-16(8-6-15)27-9-11-29-12-10-27/h5-8H,9-12H2,1-4H3,(H,21,22,23,24). The minimum Gasteiger partial charge on any atom is -0.467 e. The number of aromatic nitrogens is 5. The average Bonchev–Trinajstić information content (AvgIpc) is 3.00. The zero-order valence-corrected chi connectivity index (χ0v) is 17.1. The lowest BCUT2D eigenvalue weighted by atomic mass is 10.2. The SMILES string of the molecule is COc1nc(Nc2ccc(N3CCOCC3)cc2)nc(-c2c(C)nn(C)c2C)n1. The molecule has 4 rings (SSSR count). The van der Waals surface area contributed by atoms with Crippen molar-refractivity contribution in [3.63, 3.8) is 0 Å². The van der Waals surface area contributed by atoms with E-state index in [1.165, 1.54) is 5.69 Å². The van der Waals surface area contributed by atoms with E-state index in [4.69, 9.17) is 9.47 Å². The molecule has 1 fully saturated rings. The van der Waals surface area contributed by atoms with E-state index in [9.17, 15) is 0 Å². The molecule has 3 heterocycles. The molecule has 152 valence electrons. The van der Waals surface area contributed by atoms with Gasteiger partial charge in [-0.1, -0.05) is 0 Å². The molecule has 9 nitrogen and oxygen atoms in total. The molecule has 9 heteroatoms. The van der Waals surface area contributed by atoms with Crippen molar-refractivity contribution >= 4 is 17.3 Å². The molecule has 3 aromatic rings. The molecule has 0 atom stereocenters. The second-order valence-corrected chi connectivity index (χ2v) is 6.91. The minimum atomic E-state index is 0.255. The Bertz CT molecular complexity index is 995. The van der Waals surface area contributed by atoms with Crippen LogP contribution >= 0.6 is 0 Å². The Balaban J connectivity index is 1.60. The van der Waals surface area contributed by atoms with Crippen LogP contribution in [0.1, 0.15) is 11.4 Å².